The average Bonchev–Trinajstić information content (AvgIpc) is 2.98. The van der Waals surface area contributed by atoms with E-state index in [1.807, 2.05) is 10.6 Å². The summed E-state index contributed by atoms with van der Waals surface area (Å²) in [6.07, 6.45) is 5.50. The van der Waals surface area contributed by atoms with E-state index in [2.05, 4.69) is 73.5 Å². The molecule has 25 heavy (non-hydrogen) atoms. The minimum absolute atomic E-state index is 0.825. The topological polar surface area (TPSA) is 42.2 Å². The van der Waals surface area contributed by atoms with Gasteiger partial charge in [-0.15, -0.1) is 0 Å². The maximum atomic E-state index is 4.80. The van der Waals surface area contributed by atoms with E-state index < -0.39 is 0 Å². The number of nitrogens with one attached hydrogen (secondary N) is 1. The number of nitrogens with zero attached hydrogens (tertiary/aromatic N) is 3. The van der Waals surface area contributed by atoms with Gasteiger partial charge in [-0.05, 0) is 38.0 Å². The fraction of sp³-hybridized carbons (Fsp3) is 0.143. The van der Waals surface area contributed by atoms with Gasteiger partial charge in [0.1, 0.15) is 11.5 Å². The first kappa shape index (κ1) is 15.4. The SMILES string of the molecule is Cc1ccc(-c2nc3cnccn3c2Nc2cccc(C)c2C)cc1. The van der Waals surface area contributed by atoms with E-state index in [1.165, 1.54) is 16.7 Å². The van der Waals surface area contributed by atoms with Gasteiger partial charge >= 0.3 is 0 Å². The van der Waals surface area contributed by atoms with Crippen LogP contribution in [0.25, 0.3) is 16.9 Å². The van der Waals surface area contributed by atoms with Crippen molar-refractivity contribution in [3.8, 4) is 11.3 Å². The Kier molecular flexibility index (Phi) is 3.73. The molecule has 124 valence electrons. The molecule has 0 saturated heterocycles. The molecule has 0 fully saturated rings. The molecule has 1 N–H and O–H groups in total. The Balaban J connectivity index is 1.90. The summed E-state index contributed by atoms with van der Waals surface area (Å²) in [7, 11) is 0. The fourth-order valence-corrected chi connectivity index (χ4v) is 2.95. The highest BCUT2D eigenvalue weighted by molar-refractivity contribution is 5.80. The van der Waals surface area contributed by atoms with Crippen LogP contribution in [0.1, 0.15) is 16.7 Å². The molecule has 4 heteroatoms. The summed E-state index contributed by atoms with van der Waals surface area (Å²) in [6.45, 7) is 6.35. The van der Waals surface area contributed by atoms with Gasteiger partial charge in [-0.3, -0.25) is 9.38 Å². The number of imidazole rings is 1. The monoisotopic (exact) mass is 328 g/mol. The van der Waals surface area contributed by atoms with Gasteiger partial charge in [0.15, 0.2) is 5.65 Å². The second kappa shape index (κ2) is 6.06. The molecule has 4 aromatic rings. The third kappa shape index (κ3) is 2.76. The van der Waals surface area contributed by atoms with Crippen molar-refractivity contribution in [3.05, 3.63) is 77.7 Å². The number of hydrogen-bond acceptors (Lipinski definition) is 3. The molecule has 0 amide bonds. The lowest BCUT2D eigenvalue weighted by Gasteiger charge is -2.13. The second-order valence-electron chi connectivity index (χ2n) is 6.35. The number of hydrogen-bond donors (Lipinski definition) is 1. The molecule has 4 nitrogen and oxygen atoms in total. The van der Waals surface area contributed by atoms with Crippen LogP contribution >= 0.6 is 0 Å². The zero-order valence-electron chi connectivity index (χ0n) is 14.6. The van der Waals surface area contributed by atoms with Gasteiger partial charge in [-0.1, -0.05) is 42.0 Å². The van der Waals surface area contributed by atoms with Crippen LogP contribution in [0.15, 0.2) is 61.1 Å². The molecule has 2 aromatic carbocycles. The molecule has 0 aliphatic carbocycles. The lowest BCUT2D eigenvalue weighted by atomic mass is 10.1. The Hall–Kier alpha value is -3.14. The molecule has 4 rings (SSSR count). The van der Waals surface area contributed by atoms with E-state index in [9.17, 15) is 0 Å². The molecule has 0 radical (unpaired) electrons. The van der Waals surface area contributed by atoms with E-state index in [0.29, 0.717) is 0 Å². The molecule has 0 atom stereocenters. The molecule has 0 aliphatic heterocycles. The van der Waals surface area contributed by atoms with Crippen molar-refractivity contribution in [1.82, 2.24) is 14.4 Å². The van der Waals surface area contributed by atoms with Crippen LogP contribution in [-0.2, 0) is 0 Å². The number of aryl methyl sites for hydroxylation is 2. The number of aromatic nitrogens is 3. The standard InChI is InChI=1S/C21H20N4/c1-14-7-9-17(10-8-14)20-21(25-12-11-22-13-19(25)24-20)23-18-6-4-5-15(2)16(18)3/h4-13,23H,1-3H3. The van der Waals surface area contributed by atoms with Crippen molar-refractivity contribution in [2.75, 3.05) is 5.32 Å². The van der Waals surface area contributed by atoms with Crippen molar-refractivity contribution in [2.24, 2.45) is 0 Å². The number of rotatable bonds is 3. The Labute approximate surface area is 147 Å². The van der Waals surface area contributed by atoms with Crippen LogP contribution in [0.4, 0.5) is 11.5 Å². The van der Waals surface area contributed by atoms with E-state index in [-0.39, 0.29) is 0 Å². The maximum Gasteiger partial charge on any atom is 0.157 e. The first-order chi connectivity index (χ1) is 12.1. The van der Waals surface area contributed by atoms with Gasteiger partial charge < -0.3 is 5.32 Å². The average molecular weight is 328 g/mol. The minimum atomic E-state index is 0.825. The number of anilines is 2. The zero-order chi connectivity index (χ0) is 17.4. The van der Waals surface area contributed by atoms with E-state index in [0.717, 1.165) is 28.4 Å². The van der Waals surface area contributed by atoms with Crippen molar-refractivity contribution in [3.63, 3.8) is 0 Å². The molecule has 0 bridgehead atoms. The first-order valence-electron chi connectivity index (χ1n) is 8.36. The normalized spacial score (nSPS) is 11.0. The first-order valence-corrected chi connectivity index (χ1v) is 8.36. The van der Waals surface area contributed by atoms with E-state index >= 15 is 0 Å². The van der Waals surface area contributed by atoms with E-state index in [1.54, 1.807) is 12.4 Å². The second-order valence-corrected chi connectivity index (χ2v) is 6.35. The van der Waals surface area contributed by atoms with Crippen molar-refractivity contribution >= 4 is 17.2 Å². The Morgan fingerprint density at radius 3 is 2.56 bits per heavy atom. The van der Waals surface area contributed by atoms with Crippen molar-refractivity contribution in [2.45, 2.75) is 20.8 Å². The summed E-state index contributed by atoms with van der Waals surface area (Å²) < 4.78 is 2.05. The predicted octanol–water partition coefficient (Wildman–Crippen LogP) is 5.07. The van der Waals surface area contributed by atoms with Crippen LogP contribution in [0.5, 0.6) is 0 Å². The summed E-state index contributed by atoms with van der Waals surface area (Å²) in [5.41, 5.74) is 7.66. The largest absolute Gasteiger partial charge is 0.339 e. The molecule has 2 heterocycles. The third-order valence-corrected chi connectivity index (χ3v) is 4.61. The van der Waals surface area contributed by atoms with Crippen LogP contribution in [0.2, 0.25) is 0 Å². The number of benzene rings is 2. The predicted molar refractivity (Wildman–Crippen MR) is 102 cm³/mol. The van der Waals surface area contributed by atoms with Crippen molar-refractivity contribution in [1.29, 1.82) is 0 Å². The van der Waals surface area contributed by atoms with Gasteiger partial charge in [-0.2, -0.15) is 0 Å². The van der Waals surface area contributed by atoms with Gasteiger partial charge in [0, 0.05) is 23.6 Å². The van der Waals surface area contributed by atoms with Crippen LogP contribution < -0.4 is 5.32 Å². The van der Waals surface area contributed by atoms with Gasteiger partial charge in [0.05, 0.1) is 6.20 Å². The highest BCUT2D eigenvalue weighted by Crippen LogP contribution is 2.32. The lowest BCUT2D eigenvalue weighted by Crippen LogP contribution is -1.99. The summed E-state index contributed by atoms with van der Waals surface area (Å²) >= 11 is 0. The fourth-order valence-electron chi connectivity index (χ4n) is 2.95. The van der Waals surface area contributed by atoms with Crippen molar-refractivity contribution < 1.29 is 0 Å². The Morgan fingerprint density at radius 1 is 0.960 bits per heavy atom. The van der Waals surface area contributed by atoms with Gasteiger partial charge in [-0.25, -0.2) is 4.98 Å². The minimum Gasteiger partial charge on any atom is -0.339 e. The Bertz CT molecular complexity index is 1050. The zero-order valence-corrected chi connectivity index (χ0v) is 14.6. The maximum absolute atomic E-state index is 4.80. The lowest BCUT2D eigenvalue weighted by molar-refractivity contribution is 1.13. The summed E-state index contributed by atoms with van der Waals surface area (Å²) in [5.74, 6) is 0.954. The molecular weight excluding hydrogens is 308 g/mol. The summed E-state index contributed by atoms with van der Waals surface area (Å²) in [6, 6.07) is 14.7. The van der Waals surface area contributed by atoms with Gasteiger partial charge in [0.25, 0.3) is 0 Å². The molecule has 0 aliphatic rings. The highest BCUT2D eigenvalue weighted by atomic mass is 15.1. The van der Waals surface area contributed by atoms with Gasteiger partial charge in [0.2, 0.25) is 0 Å². The van der Waals surface area contributed by atoms with Crippen LogP contribution in [0.3, 0.4) is 0 Å². The van der Waals surface area contributed by atoms with Crippen LogP contribution in [-0.4, -0.2) is 14.4 Å². The highest BCUT2D eigenvalue weighted by Gasteiger charge is 2.15. The Morgan fingerprint density at radius 2 is 1.76 bits per heavy atom. The third-order valence-electron chi connectivity index (χ3n) is 4.61. The van der Waals surface area contributed by atoms with E-state index in [4.69, 9.17) is 4.98 Å². The number of fused-ring (bicyclic) bond motifs is 1. The smallest absolute Gasteiger partial charge is 0.157 e. The quantitative estimate of drug-likeness (QED) is 0.571. The summed E-state index contributed by atoms with van der Waals surface area (Å²) in [4.78, 5) is 9.00. The molecule has 2 aromatic heterocycles. The molecule has 0 unspecified atom stereocenters. The molecule has 0 saturated carbocycles. The summed E-state index contributed by atoms with van der Waals surface area (Å²) in [5, 5.41) is 3.59. The van der Waals surface area contributed by atoms with Crippen LogP contribution in [0, 0.1) is 20.8 Å². The molecular formula is C21H20N4. The molecule has 0 spiro atoms.